The van der Waals surface area contributed by atoms with Crippen LogP contribution >= 0.6 is 0 Å². The monoisotopic (exact) mass is 348 g/mol. The van der Waals surface area contributed by atoms with Crippen molar-refractivity contribution in [2.45, 2.75) is 26.3 Å². The lowest BCUT2D eigenvalue weighted by Crippen LogP contribution is -2.37. The van der Waals surface area contributed by atoms with Crippen molar-refractivity contribution in [3.05, 3.63) is 65.5 Å². The number of benzene rings is 1. The van der Waals surface area contributed by atoms with Crippen molar-refractivity contribution in [1.29, 1.82) is 0 Å². The van der Waals surface area contributed by atoms with Crippen LogP contribution in [0.3, 0.4) is 0 Å². The number of hydrogen-bond acceptors (Lipinski definition) is 3. The zero-order chi connectivity index (χ0) is 18.3. The van der Waals surface area contributed by atoms with E-state index in [0.29, 0.717) is 18.5 Å². The van der Waals surface area contributed by atoms with E-state index in [4.69, 9.17) is 0 Å². The molecule has 0 spiro atoms. The largest absolute Gasteiger partial charge is 0.347 e. The Morgan fingerprint density at radius 1 is 1.23 bits per heavy atom. The van der Waals surface area contributed by atoms with Gasteiger partial charge in [0.15, 0.2) is 0 Å². The van der Waals surface area contributed by atoms with E-state index in [9.17, 15) is 9.59 Å². The molecule has 0 saturated carbocycles. The Morgan fingerprint density at radius 2 is 2.08 bits per heavy atom. The molecule has 4 rings (SSSR count). The van der Waals surface area contributed by atoms with Crippen molar-refractivity contribution >= 4 is 23.0 Å². The van der Waals surface area contributed by atoms with E-state index in [1.54, 1.807) is 15.6 Å². The molecule has 1 unspecified atom stereocenters. The predicted octanol–water partition coefficient (Wildman–Crippen LogP) is 2.49. The van der Waals surface area contributed by atoms with Crippen LogP contribution in [0.25, 0.3) is 5.52 Å². The standard InChI is InChI=1S/C20H20N4O2/c1-13-5-3-7-16(9-13)23-12-15(10-18(23)25)22-20(26)17-11-21-24-8-4-6-14(2)19(17)24/h3-9,11,15H,10,12H2,1-2H3,(H,22,26). The summed E-state index contributed by atoms with van der Waals surface area (Å²) in [7, 11) is 0. The lowest BCUT2D eigenvalue weighted by atomic mass is 10.1. The molecule has 132 valence electrons. The number of hydrogen-bond donors (Lipinski definition) is 1. The molecule has 1 fully saturated rings. The minimum atomic E-state index is -0.213. The predicted molar refractivity (Wildman–Crippen MR) is 99.3 cm³/mol. The average molecular weight is 348 g/mol. The highest BCUT2D eigenvalue weighted by Crippen LogP contribution is 2.23. The normalized spacial score (nSPS) is 17.1. The molecule has 1 aromatic carbocycles. The van der Waals surface area contributed by atoms with E-state index < -0.39 is 0 Å². The minimum Gasteiger partial charge on any atom is -0.347 e. The van der Waals surface area contributed by atoms with Gasteiger partial charge in [-0.15, -0.1) is 0 Å². The molecule has 26 heavy (non-hydrogen) atoms. The van der Waals surface area contributed by atoms with Gasteiger partial charge in [-0.1, -0.05) is 18.2 Å². The van der Waals surface area contributed by atoms with E-state index >= 15 is 0 Å². The molecule has 3 heterocycles. The quantitative estimate of drug-likeness (QED) is 0.791. The number of nitrogens with zero attached hydrogens (tertiary/aromatic N) is 3. The lowest BCUT2D eigenvalue weighted by Gasteiger charge is -2.17. The van der Waals surface area contributed by atoms with Crippen LogP contribution in [-0.2, 0) is 4.79 Å². The number of aromatic nitrogens is 2. The zero-order valence-electron chi connectivity index (χ0n) is 14.8. The van der Waals surface area contributed by atoms with Crippen LogP contribution in [0.15, 0.2) is 48.8 Å². The Balaban J connectivity index is 1.53. The second-order valence-electron chi connectivity index (χ2n) is 6.76. The fourth-order valence-electron chi connectivity index (χ4n) is 3.50. The highest BCUT2D eigenvalue weighted by Gasteiger charge is 2.32. The summed E-state index contributed by atoms with van der Waals surface area (Å²) in [5.74, 6) is -0.171. The first kappa shape index (κ1) is 16.3. The van der Waals surface area contributed by atoms with Crippen LogP contribution < -0.4 is 10.2 Å². The summed E-state index contributed by atoms with van der Waals surface area (Å²) in [4.78, 5) is 26.9. The van der Waals surface area contributed by atoms with Gasteiger partial charge in [0.2, 0.25) is 5.91 Å². The van der Waals surface area contributed by atoms with Gasteiger partial charge in [-0.05, 0) is 43.2 Å². The fourth-order valence-corrected chi connectivity index (χ4v) is 3.50. The maximum absolute atomic E-state index is 12.7. The Kier molecular flexibility index (Phi) is 3.95. The van der Waals surface area contributed by atoms with Gasteiger partial charge in [0.1, 0.15) is 0 Å². The Labute approximate surface area is 151 Å². The molecule has 1 aliphatic rings. The van der Waals surface area contributed by atoms with Crippen molar-refractivity contribution in [3.63, 3.8) is 0 Å². The number of anilines is 1. The van der Waals surface area contributed by atoms with Gasteiger partial charge in [0, 0.05) is 24.8 Å². The first-order valence-electron chi connectivity index (χ1n) is 8.64. The van der Waals surface area contributed by atoms with Crippen LogP contribution in [0.1, 0.15) is 27.9 Å². The van der Waals surface area contributed by atoms with Gasteiger partial charge in [-0.25, -0.2) is 4.52 Å². The summed E-state index contributed by atoms with van der Waals surface area (Å²) >= 11 is 0. The molecule has 0 radical (unpaired) electrons. The number of aryl methyl sites for hydroxylation is 2. The highest BCUT2D eigenvalue weighted by atomic mass is 16.2. The number of carbonyl (C=O) groups is 2. The third kappa shape index (κ3) is 2.83. The number of pyridine rings is 1. The van der Waals surface area contributed by atoms with Crippen LogP contribution in [0.2, 0.25) is 0 Å². The lowest BCUT2D eigenvalue weighted by molar-refractivity contribution is -0.117. The molecule has 2 amide bonds. The van der Waals surface area contributed by atoms with Crippen LogP contribution in [0.5, 0.6) is 0 Å². The minimum absolute atomic E-state index is 0.0249. The summed E-state index contributed by atoms with van der Waals surface area (Å²) in [5, 5.41) is 7.23. The Bertz CT molecular complexity index is 1010. The van der Waals surface area contributed by atoms with Crippen LogP contribution in [0.4, 0.5) is 5.69 Å². The van der Waals surface area contributed by atoms with Gasteiger partial charge >= 0.3 is 0 Å². The third-order valence-corrected chi connectivity index (χ3v) is 4.76. The maximum atomic E-state index is 12.7. The smallest absolute Gasteiger partial charge is 0.255 e. The van der Waals surface area contributed by atoms with E-state index in [1.165, 1.54) is 0 Å². The second-order valence-corrected chi connectivity index (χ2v) is 6.76. The Morgan fingerprint density at radius 3 is 2.88 bits per heavy atom. The highest BCUT2D eigenvalue weighted by molar-refractivity contribution is 6.03. The Hall–Kier alpha value is -3.15. The molecule has 0 bridgehead atoms. The molecule has 6 heteroatoms. The van der Waals surface area contributed by atoms with Crippen molar-refractivity contribution < 1.29 is 9.59 Å². The molecular weight excluding hydrogens is 328 g/mol. The maximum Gasteiger partial charge on any atom is 0.255 e. The van der Waals surface area contributed by atoms with E-state index in [2.05, 4.69) is 10.4 Å². The van der Waals surface area contributed by atoms with E-state index in [-0.39, 0.29) is 17.9 Å². The zero-order valence-corrected chi connectivity index (χ0v) is 14.8. The fraction of sp³-hybridized carbons (Fsp3) is 0.250. The number of fused-ring (bicyclic) bond motifs is 1. The van der Waals surface area contributed by atoms with E-state index in [0.717, 1.165) is 22.3 Å². The number of carbonyl (C=O) groups excluding carboxylic acids is 2. The first-order chi connectivity index (χ1) is 12.5. The second kappa shape index (κ2) is 6.29. The van der Waals surface area contributed by atoms with Crippen LogP contribution in [0, 0.1) is 13.8 Å². The molecular formula is C20H20N4O2. The van der Waals surface area contributed by atoms with Crippen molar-refractivity contribution in [2.75, 3.05) is 11.4 Å². The molecule has 3 aromatic rings. The molecule has 1 aliphatic heterocycles. The van der Waals surface area contributed by atoms with Gasteiger partial charge in [-0.2, -0.15) is 5.10 Å². The topological polar surface area (TPSA) is 66.7 Å². The van der Waals surface area contributed by atoms with Crippen molar-refractivity contribution in [2.24, 2.45) is 0 Å². The van der Waals surface area contributed by atoms with Crippen molar-refractivity contribution in [1.82, 2.24) is 14.9 Å². The number of nitrogens with one attached hydrogen (secondary N) is 1. The van der Waals surface area contributed by atoms with Gasteiger partial charge < -0.3 is 10.2 Å². The molecule has 0 aliphatic carbocycles. The van der Waals surface area contributed by atoms with E-state index in [1.807, 2.05) is 56.4 Å². The van der Waals surface area contributed by atoms with Gasteiger partial charge in [0.25, 0.3) is 5.91 Å². The molecule has 1 atom stereocenters. The molecule has 1 saturated heterocycles. The van der Waals surface area contributed by atoms with Crippen molar-refractivity contribution in [3.8, 4) is 0 Å². The molecule has 6 nitrogen and oxygen atoms in total. The molecule has 2 aromatic heterocycles. The third-order valence-electron chi connectivity index (χ3n) is 4.76. The van der Waals surface area contributed by atoms with Gasteiger partial charge in [-0.3, -0.25) is 9.59 Å². The number of amides is 2. The summed E-state index contributed by atoms with van der Waals surface area (Å²) < 4.78 is 1.70. The first-order valence-corrected chi connectivity index (χ1v) is 8.64. The summed E-state index contributed by atoms with van der Waals surface area (Å²) in [6.45, 7) is 4.43. The SMILES string of the molecule is Cc1cccc(N2CC(NC(=O)c3cnn4cccc(C)c34)CC2=O)c1. The average Bonchev–Trinajstić information content (AvgIpc) is 3.19. The molecule has 1 N–H and O–H groups in total. The summed E-state index contributed by atoms with van der Waals surface area (Å²) in [6.07, 6.45) is 3.70. The number of rotatable bonds is 3. The van der Waals surface area contributed by atoms with Gasteiger partial charge in [0.05, 0.1) is 23.3 Å². The summed E-state index contributed by atoms with van der Waals surface area (Å²) in [5.41, 5.74) is 4.29. The summed E-state index contributed by atoms with van der Waals surface area (Å²) in [6, 6.07) is 11.5. The van der Waals surface area contributed by atoms with Crippen LogP contribution in [-0.4, -0.2) is 34.0 Å².